The first kappa shape index (κ1) is 11.0. The summed E-state index contributed by atoms with van der Waals surface area (Å²) in [5.41, 5.74) is 1.13. The molecule has 0 saturated carbocycles. The average molecular weight is 216 g/mol. The molecule has 0 aliphatic heterocycles. The molecule has 0 amide bonds. The molecule has 0 spiro atoms. The van der Waals surface area contributed by atoms with Crippen molar-refractivity contribution in [1.29, 1.82) is 0 Å². The predicted molar refractivity (Wildman–Crippen MR) is 65.8 cm³/mol. The number of rotatable bonds is 4. The van der Waals surface area contributed by atoms with Crippen LogP contribution in [-0.2, 0) is 11.3 Å². The first-order chi connectivity index (χ1) is 7.86. The van der Waals surface area contributed by atoms with E-state index < -0.39 is 0 Å². The maximum atomic E-state index is 5.62. The van der Waals surface area contributed by atoms with Gasteiger partial charge >= 0.3 is 0 Å². The van der Waals surface area contributed by atoms with Crippen molar-refractivity contribution in [3.63, 3.8) is 0 Å². The second-order valence-electron chi connectivity index (χ2n) is 3.63. The molecule has 0 aromatic heterocycles. The lowest BCUT2D eigenvalue weighted by molar-refractivity contribution is 0.181. The smallest absolute Gasteiger partial charge is 0.125 e. The van der Waals surface area contributed by atoms with E-state index in [2.05, 4.69) is 18.2 Å². The molecule has 0 fully saturated rings. The predicted octanol–water partition coefficient (Wildman–Crippen LogP) is 3.38. The normalized spacial score (nSPS) is 10.6. The van der Waals surface area contributed by atoms with Crippen LogP contribution in [0.4, 0.5) is 0 Å². The molecule has 0 atom stereocenters. The first-order valence-electron chi connectivity index (χ1n) is 5.49. The Hall–Kier alpha value is -1.54. The number of methoxy groups -OCH3 is 1. The quantitative estimate of drug-likeness (QED) is 0.780. The minimum absolute atomic E-state index is 0.580. The van der Waals surface area contributed by atoms with Crippen LogP contribution >= 0.6 is 0 Å². The van der Waals surface area contributed by atoms with E-state index in [1.54, 1.807) is 7.11 Å². The van der Waals surface area contributed by atoms with Crippen molar-refractivity contribution in [1.82, 2.24) is 0 Å². The summed E-state index contributed by atoms with van der Waals surface area (Å²) in [7, 11) is 1.71. The molecule has 0 N–H and O–H groups in total. The topological polar surface area (TPSA) is 18.5 Å². The highest BCUT2D eigenvalue weighted by Gasteiger charge is 2.07. The summed E-state index contributed by atoms with van der Waals surface area (Å²) in [6.07, 6.45) is 0. The lowest BCUT2D eigenvalue weighted by Gasteiger charge is -2.12. The molecule has 16 heavy (non-hydrogen) atoms. The Bertz CT molecular complexity index is 477. The number of ether oxygens (including phenoxy) is 2. The molecular weight excluding hydrogens is 200 g/mol. The van der Waals surface area contributed by atoms with Gasteiger partial charge in [-0.1, -0.05) is 30.3 Å². The van der Waals surface area contributed by atoms with E-state index in [0.717, 1.165) is 11.3 Å². The van der Waals surface area contributed by atoms with Gasteiger partial charge in [-0.05, 0) is 23.8 Å². The molecule has 2 heteroatoms. The van der Waals surface area contributed by atoms with Gasteiger partial charge in [0.05, 0.1) is 13.2 Å². The largest absolute Gasteiger partial charge is 0.493 e. The number of benzene rings is 2. The number of hydrogen-bond acceptors (Lipinski definition) is 2. The maximum Gasteiger partial charge on any atom is 0.125 e. The van der Waals surface area contributed by atoms with Gasteiger partial charge in [-0.2, -0.15) is 0 Å². The van der Waals surface area contributed by atoms with Gasteiger partial charge < -0.3 is 9.47 Å². The average Bonchev–Trinajstić information content (AvgIpc) is 2.32. The zero-order chi connectivity index (χ0) is 11.4. The van der Waals surface area contributed by atoms with Crippen molar-refractivity contribution in [2.24, 2.45) is 0 Å². The lowest BCUT2D eigenvalue weighted by Crippen LogP contribution is -1.98. The third kappa shape index (κ3) is 2.02. The molecule has 2 nitrogen and oxygen atoms in total. The van der Waals surface area contributed by atoms with E-state index in [-0.39, 0.29) is 0 Å². The molecule has 0 heterocycles. The van der Waals surface area contributed by atoms with Crippen molar-refractivity contribution in [2.45, 2.75) is 13.5 Å². The Morgan fingerprint density at radius 2 is 1.88 bits per heavy atom. The van der Waals surface area contributed by atoms with Gasteiger partial charge in [0, 0.05) is 12.7 Å². The summed E-state index contributed by atoms with van der Waals surface area (Å²) in [5, 5.41) is 2.42. The third-order valence-electron chi connectivity index (χ3n) is 2.59. The van der Waals surface area contributed by atoms with Crippen molar-refractivity contribution in [3.05, 3.63) is 42.0 Å². The summed E-state index contributed by atoms with van der Waals surface area (Å²) in [4.78, 5) is 0. The van der Waals surface area contributed by atoms with E-state index in [1.807, 2.05) is 25.1 Å². The highest BCUT2D eigenvalue weighted by atomic mass is 16.5. The van der Waals surface area contributed by atoms with Crippen LogP contribution in [0.2, 0.25) is 0 Å². The van der Waals surface area contributed by atoms with E-state index in [1.165, 1.54) is 10.8 Å². The zero-order valence-electron chi connectivity index (χ0n) is 9.69. The van der Waals surface area contributed by atoms with Gasteiger partial charge in [0.25, 0.3) is 0 Å². The number of hydrogen-bond donors (Lipinski definition) is 0. The standard InChI is InChI=1S/C14H16O2/c1-3-16-14-9-8-11-6-4-5-7-12(11)13(14)10-15-2/h4-9H,3,10H2,1-2H3. The fraction of sp³-hybridized carbons (Fsp3) is 0.286. The van der Waals surface area contributed by atoms with Crippen LogP contribution < -0.4 is 4.74 Å². The molecule has 0 radical (unpaired) electrons. The second kappa shape index (κ2) is 4.99. The van der Waals surface area contributed by atoms with Crippen LogP contribution in [0.1, 0.15) is 12.5 Å². The Balaban J connectivity index is 2.58. The molecule has 0 aliphatic rings. The minimum atomic E-state index is 0.580. The van der Waals surface area contributed by atoms with Crippen molar-refractivity contribution in [3.8, 4) is 5.75 Å². The third-order valence-corrected chi connectivity index (χ3v) is 2.59. The van der Waals surface area contributed by atoms with Crippen molar-refractivity contribution < 1.29 is 9.47 Å². The molecule has 0 aliphatic carbocycles. The van der Waals surface area contributed by atoms with Crippen LogP contribution in [-0.4, -0.2) is 13.7 Å². The van der Waals surface area contributed by atoms with Crippen LogP contribution in [0.5, 0.6) is 5.75 Å². The van der Waals surface area contributed by atoms with Crippen LogP contribution in [0.25, 0.3) is 10.8 Å². The Morgan fingerprint density at radius 1 is 1.06 bits per heavy atom. The molecule has 2 rings (SSSR count). The van der Waals surface area contributed by atoms with Crippen molar-refractivity contribution >= 4 is 10.8 Å². The van der Waals surface area contributed by atoms with Crippen LogP contribution in [0.3, 0.4) is 0 Å². The van der Waals surface area contributed by atoms with Gasteiger partial charge in [0.15, 0.2) is 0 Å². The first-order valence-corrected chi connectivity index (χ1v) is 5.49. The van der Waals surface area contributed by atoms with E-state index in [0.29, 0.717) is 13.2 Å². The second-order valence-corrected chi connectivity index (χ2v) is 3.63. The lowest BCUT2D eigenvalue weighted by atomic mass is 10.0. The fourth-order valence-corrected chi connectivity index (χ4v) is 1.90. The van der Waals surface area contributed by atoms with E-state index in [4.69, 9.17) is 9.47 Å². The minimum Gasteiger partial charge on any atom is -0.493 e. The summed E-state index contributed by atoms with van der Waals surface area (Å²) >= 11 is 0. The summed E-state index contributed by atoms with van der Waals surface area (Å²) in [5.74, 6) is 0.919. The molecule has 0 unspecified atom stereocenters. The maximum absolute atomic E-state index is 5.62. The number of fused-ring (bicyclic) bond motifs is 1. The van der Waals surface area contributed by atoms with Crippen LogP contribution in [0.15, 0.2) is 36.4 Å². The monoisotopic (exact) mass is 216 g/mol. The zero-order valence-corrected chi connectivity index (χ0v) is 9.69. The van der Waals surface area contributed by atoms with Crippen LogP contribution in [0, 0.1) is 0 Å². The fourth-order valence-electron chi connectivity index (χ4n) is 1.90. The van der Waals surface area contributed by atoms with Gasteiger partial charge in [0.2, 0.25) is 0 Å². The summed E-state index contributed by atoms with van der Waals surface area (Å²) in [6.45, 7) is 3.25. The van der Waals surface area contributed by atoms with Gasteiger partial charge in [-0.15, -0.1) is 0 Å². The van der Waals surface area contributed by atoms with E-state index >= 15 is 0 Å². The van der Waals surface area contributed by atoms with Gasteiger partial charge in [-0.3, -0.25) is 0 Å². The van der Waals surface area contributed by atoms with E-state index in [9.17, 15) is 0 Å². The molecule has 0 bridgehead atoms. The van der Waals surface area contributed by atoms with Gasteiger partial charge in [0.1, 0.15) is 5.75 Å². The molecule has 2 aromatic carbocycles. The molecule has 0 saturated heterocycles. The highest BCUT2D eigenvalue weighted by Crippen LogP contribution is 2.28. The SMILES string of the molecule is CCOc1ccc2ccccc2c1COC. The van der Waals surface area contributed by atoms with Crippen molar-refractivity contribution in [2.75, 3.05) is 13.7 Å². The van der Waals surface area contributed by atoms with Gasteiger partial charge in [-0.25, -0.2) is 0 Å². The summed E-state index contributed by atoms with van der Waals surface area (Å²) < 4.78 is 10.9. The Kier molecular flexibility index (Phi) is 3.42. The summed E-state index contributed by atoms with van der Waals surface area (Å²) in [6, 6.07) is 12.4. The molecular formula is C14H16O2. The highest BCUT2D eigenvalue weighted by molar-refractivity contribution is 5.87. The Morgan fingerprint density at radius 3 is 2.62 bits per heavy atom. The molecule has 2 aromatic rings. The Labute approximate surface area is 95.8 Å². The molecule has 84 valence electrons.